The van der Waals surface area contributed by atoms with Crippen LogP contribution in [0.4, 0.5) is 11.4 Å². The molecule has 7 nitrogen and oxygen atoms in total. The van der Waals surface area contributed by atoms with E-state index in [1.807, 2.05) is 0 Å². The van der Waals surface area contributed by atoms with Gasteiger partial charge in [-0.2, -0.15) is 10.1 Å². The van der Waals surface area contributed by atoms with Crippen LogP contribution in [0, 0.1) is 16.0 Å². The molecule has 1 atom stereocenters. The summed E-state index contributed by atoms with van der Waals surface area (Å²) in [4.78, 5) is 22.7. The molecule has 0 aliphatic carbocycles. The molecule has 0 spiro atoms. The molecule has 0 saturated carbocycles. The van der Waals surface area contributed by atoms with E-state index in [-0.39, 0.29) is 23.2 Å². The van der Waals surface area contributed by atoms with Gasteiger partial charge in [0, 0.05) is 11.8 Å². The Bertz CT molecular complexity index is 556. The highest BCUT2D eigenvalue weighted by Gasteiger charge is 2.36. The lowest BCUT2D eigenvalue weighted by Gasteiger charge is -2.13. The van der Waals surface area contributed by atoms with Crippen LogP contribution < -0.4 is 10.7 Å². The fraction of sp³-hybridized carbons (Fsp3) is 0.333. The summed E-state index contributed by atoms with van der Waals surface area (Å²) in [5.74, 6) is -0.651. The zero-order valence-corrected chi connectivity index (χ0v) is 10.4. The van der Waals surface area contributed by atoms with Crippen molar-refractivity contribution in [2.75, 3.05) is 11.6 Å². The molecule has 1 aromatic rings. The molecule has 1 aliphatic heterocycles. The van der Waals surface area contributed by atoms with Crippen molar-refractivity contribution in [3.8, 4) is 0 Å². The number of carbonyl (C=O) groups excluding carboxylic acids is 1. The van der Waals surface area contributed by atoms with E-state index in [0.29, 0.717) is 18.7 Å². The molecular formula is C12H14N4O3. The number of hydrogen-bond donors (Lipinski definition) is 1. The summed E-state index contributed by atoms with van der Waals surface area (Å²) in [6.07, 6.45) is 0.491. The van der Waals surface area contributed by atoms with Gasteiger partial charge in [0.05, 0.1) is 10.8 Å². The number of hydrazone groups is 1. The molecule has 2 rings (SSSR count). The number of carbonyl (C=O) groups is 1. The number of nitro groups is 1. The van der Waals surface area contributed by atoms with E-state index < -0.39 is 4.92 Å². The lowest BCUT2D eigenvalue weighted by Crippen LogP contribution is -2.29. The molecule has 0 aromatic heterocycles. The van der Waals surface area contributed by atoms with Crippen LogP contribution in [-0.2, 0) is 4.79 Å². The molecule has 100 valence electrons. The van der Waals surface area contributed by atoms with Gasteiger partial charge in [-0.15, -0.1) is 0 Å². The monoisotopic (exact) mass is 262 g/mol. The van der Waals surface area contributed by atoms with Crippen LogP contribution in [0.25, 0.3) is 0 Å². The highest BCUT2D eigenvalue weighted by Crippen LogP contribution is 2.32. The summed E-state index contributed by atoms with van der Waals surface area (Å²) < 4.78 is 0. The first-order chi connectivity index (χ1) is 9.06. The minimum Gasteiger partial charge on any atom is -0.330 e. The van der Waals surface area contributed by atoms with Gasteiger partial charge in [-0.1, -0.05) is 12.1 Å². The van der Waals surface area contributed by atoms with E-state index in [4.69, 9.17) is 5.73 Å². The first kappa shape index (κ1) is 13.2. The maximum Gasteiger partial charge on any atom is 0.295 e. The van der Waals surface area contributed by atoms with E-state index in [2.05, 4.69) is 5.10 Å². The first-order valence-electron chi connectivity index (χ1n) is 5.88. The normalized spacial score (nSPS) is 18.6. The Labute approximate surface area is 109 Å². The number of para-hydroxylation sites is 2. The second-order valence-corrected chi connectivity index (χ2v) is 4.27. The molecule has 7 heteroatoms. The van der Waals surface area contributed by atoms with Crippen molar-refractivity contribution < 1.29 is 9.72 Å². The van der Waals surface area contributed by atoms with Crippen LogP contribution in [0.1, 0.15) is 13.3 Å². The summed E-state index contributed by atoms with van der Waals surface area (Å²) in [6.45, 7) is 2.10. The number of hydrogen-bond acceptors (Lipinski definition) is 5. The average Bonchev–Trinajstić information content (AvgIpc) is 2.67. The van der Waals surface area contributed by atoms with Crippen molar-refractivity contribution in [2.24, 2.45) is 16.8 Å². The maximum atomic E-state index is 12.2. The fourth-order valence-electron chi connectivity index (χ4n) is 2.07. The van der Waals surface area contributed by atoms with Crippen LogP contribution in [0.2, 0.25) is 0 Å². The van der Waals surface area contributed by atoms with E-state index >= 15 is 0 Å². The Morgan fingerprint density at radius 2 is 2.16 bits per heavy atom. The van der Waals surface area contributed by atoms with E-state index in [9.17, 15) is 14.9 Å². The fourth-order valence-corrected chi connectivity index (χ4v) is 2.07. The van der Waals surface area contributed by atoms with Crippen molar-refractivity contribution in [1.82, 2.24) is 0 Å². The molecule has 1 aliphatic rings. The maximum absolute atomic E-state index is 12.2. The van der Waals surface area contributed by atoms with Gasteiger partial charge in [-0.3, -0.25) is 14.9 Å². The molecule has 2 N–H and O–H groups in total. The molecule has 1 aromatic carbocycles. The number of anilines is 1. The minimum atomic E-state index is -0.524. The molecule has 1 heterocycles. The highest BCUT2D eigenvalue weighted by atomic mass is 16.6. The number of benzene rings is 1. The third kappa shape index (κ3) is 2.32. The van der Waals surface area contributed by atoms with Crippen LogP contribution in [-0.4, -0.2) is 23.1 Å². The van der Waals surface area contributed by atoms with E-state index in [0.717, 1.165) is 5.01 Å². The largest absolute Gasteiger partial charge is 0.330 e. The van der Waals surface area contributed by atoms with Crippen LogP contribution in [0.3, 0.4) is 0 Å². The smallest absolute Gasteiger partial charge is 0.295 e. The van der Waals surface area contributed by atoms with Gasteiger partial charge >= 0.3 is 0 Å². The van der Waals surface area contributed by atoms with Crippen molar-refractivity contribution >= 4 is 23.0 Å². The van der Waals surface area contributed by atoms with Gasteiger partial charge in [0.15, 0.2) is 0 Å². The Morgan fingerprint density at radius 1 is 1.47 bits per heavy atom. The molecule has 0 saturated heterocycles. The number of rotatable bonds is 4. The standard InChI is InChI=1S/C12H14N4O3/c1-8-9(6-7-13)12(17)15(14-8)10-4-2-3-5-11(10)16(18)19/h2-5,9H,6-7,13H2,1H3. The SMILES string of the molecule is CC1=NN(c2ccccc2[N+](=O)[O-])C(=O)C1CCN. The number of nitrogens with two attached hydrogens (primary N) is 1. The second kappa shape index (κ2) is 5.15. The summed E-state index contributed by atoms with van der Waals surface area (Å²) >= 11 is 0. The third-order valence-corrected chi connectivity index (χ3v) is 3.03. The lowest BCUT2D eigenvalue weighted by atomic mass is 10.0. The lowest BCUT2D eigenvalue weighted by molar-refractivity contribution is -0.384. The van der Waals surface area contributed by atoms with E-state index in [1.54, 1.807) is 19.1 Å². The number of nitrogens with zero attached hydrogens (tertiary/aromatic N) is 3. The molecule has 1 amide bonds. The molecule has 0 radical (unpaired) electrons. The molecule has 1 unspecified atom stereocenters. The molecule has 19 heavy (non-hydrogen) atoms. The van der Waals surface area contributed by atoms with E-state index in [1.165, 1.54) is 12.1 Å². The van der Waals surface area contributed by atoms with Gasteiger partial charge in [-0.05, 0) is 26.0 Å². The first-order valence-corrected chi connectivity index (χ1v) is 5.88. The summed E-state index contributed by atoms with van der Waals surface area (Å²) in [5.41, 5.74) is 6.15. The molecule has 0 fully saturated rings. The number of nitro benzene ring substituents is 1. The van der Waals surface area contributed by atoms with Gasteiger partial charge < -0.3 is 5.73 Å². The zero-order valence-electron chi connectivity index (χ0n) is 10.4. The Balaban J connectivity index is 2.39. The quantitative estimate of drug-likeness (QED) is 0.652. The van der Waals surface area contributed by atoms with Crippen molar-refractivity contribution in [2.45, 2.75) is 13.3 Å². The average molecular weight is 262 g/mol. The van der Waals surface area contributed by atoms with Gasteiger partial charge in [0.2, 0.25) is 0 Å². The highest BCUT2D eigenvalue weighted by molar-refractivity contribution is 6.15. The third-order valence-electron chi connectivity index (χ3n) is 3.03. The van der Waals surface area contributed by atoms with Gasteiger partial charge in [0.1, 0.15) is 5.69 Å². The predicted octanol–water partition coefficient (Wildman–Crippen LogP) is 1.28. The summed E-state index contributed by atoms with van der Waals surface area (Å²) in [5, 5.41) is 16.2. The van der Waals surface area contributed by atoms with Crippen LogP contribution >= 0.6 is 0 Å². The molecular weight excluding hydrogens is 248 g/mol. The predicted molar refractivity (Wildman–Crippen MR) is 70.9 cm³/mol. The van der Waals surface area contributed by atoms with Crippen LogP contribution in [0.15, 0.2) is 29.4 Å². The van der Waals surface area contributed by atoms with Gasteiger partial charge in [-0.25, -0.2) is 0 Å². The van der Waals surface area contributed by atoms with Crippen molar-refractivity contribution in [1.29, 1.82) is 0 Å². The zero-order chi connectivity index (χ0) is 14.0. The number of amides is 1. The molecule has 0 bridgehead atoms. The topological polar surface area (TPSA) is 102 Å². The van der Waals surface area contributed by atoms with Gasteiger partial charge in [0.25, 0.3) is 11.6 Å². The minimum absolute atomic E-state index is 0.138. The Kier molecular flexibility index (Phi) is 3.57. The Morgan fingerprint density at radius 3 is 2.79 bits per heavy atom. The van der Waals surface area contributed by atoms with Crippen molar-refractivity contribution in [3.63, 3.8) is 0 Å². The van der Waals surface area contributed by atoms with Crippen molar-refractivity contribution in [3.05, 3.63) is 34.4 Å². The Hall–Kier alpha value is -2.28. The second-order valence-electron chi connectivity index (χ2n) is 4.27. The van der Waals surface area contributed by atoms with Crippen LogP contribution in [0.5, 0.6) is 0 Å². The summed E-state index contributed by atoms with van der Waals surface area (Å²) in [7, 11) is 0. The summed E-state index contributed by atoms with van der Waals surface area (Å²) in [6, 6.07) is 6.05.